The average molecular weight is 241 g/mol. The third-order valence-electron chi connectivity index (χ3n) is 2.71. The van der Waals surface area contributed by atoms with E-state index in [0.29, 0.717) is 5.56 Å². The van der Waals surface area contributed by atoms with Gasteiger partial charge in [-0.3, -0.25) is 4.98 Å². The molecule has 1 unspecified atom stereocenters. The molecule has 1 aromatic heterocycles. The smallest absolute Gasteiger partial charge is 0.155 e. The van der Waals surface area contributed by atoms with Gasteiger partial charge >= 0.3 is 0 Å². The first-order chi connectivity index (χ1) is 7.30. The fourth-order valence-corrected chi connectivity index (χ4v) is 1.95. The van der Waals surface area contributed by atoms with Crippen molar-refractivity contribution in [3.63, 3.8) is 0 Å². The summed E-state index contributed by atoms with van der Waals surface area (Å²) in [5.74, 6) is 0. The summed E-state index contributed by atoms with van der Waals surface area (Å²) in [5, 5.41) is 0. The first-order valence-electron chi connectivity index (χ1n) is 4.75. The lowest BCUT2D eigenvalue weighted by molar-refractivity contribution is 0.107. The number of nitrogens with zero attached hydrogens (tertiary/aromatic N) is 1. The molecule has 88 valence electrons. The van der Waals surface area contributed by atoms with E-state index in [0.717, 1.165) is 6.26 Å². The molecule has 4 nitrogen and oxygen atoms in total. The summed E-state index contributed by atoms with van der Waals surface area (Å²) in [6.45, 7) is 3.15. The van der Waals surface area contributed by atoms with E-state index in [4.69, 9.17) is 11.8 Å². The maximum Gasteiger partial charge on any atom is 0.155 e. The number of aromatic nitrogens is 1. The summed E-state index contributed by atoms with van der Waals surface area (Å²) < 4.78 is 27.0. The second kappa shape index (κ2) is 4.51. The molecule has 0 saturated carbocycles. The van der Waals surface area contributed by atoms with Crippen molar-refractivity contribution in [1.82, 2.24) is 4.98 Å². The van der Waals surface area contributed by atoms with E-state index in [-0.39, 0.29) is 0 Å². The Bertz CT molecular complexity index is 440. The Morgan fingerprint density at radius 2 is 2.12 bits per heavy atom. The maximum absolute atomic E-state index is 11.7. The number of hydrogen-bond donors (Lipinski definition) is 0. The summed E-state index contributed by atoms with van der Waals surface area (Å²) in [6, 6.07) is 3.44. The fraction of sp³-hybridized carbons (Fsp3) is 0.455. The molecule has 0 N–H and O–H groups in total. The number of sulfone groups is 1. The zero-order valence-corrected chi connectivity index (χ0v) is 10.4. The third kappa shape index (κ3) is 2.41. The van der Waals surface area contributed by atoms with Crippen LogP contribution < -0.4 is 0 Å². The van der Waals surface area contributed by atoms with Crippen LogP contribution in [0.3, 0.4) is 0 Å². The summed E-state index contributed by atoms with van der Waals surface area (Å²) in [5.41, 5.74) is 0.639. The van der Waals surface area contributed by atoms with E-state index in [1.807, 2.05) is 0 Å². The normalized spacial score (nSPS) is 14.8. The lowest BCUT2D eigenvalue weighted by atomic mass is 9.99. The monoisotopic (exact) mass is 241 g/mol. The van der Waals surface area contributed by atoms with Crippen molar-refractivity contribution >= 4 is 9.84 Å². The first kappa shape index (κ1) is 13.1. The van der Waals surface area contributed by atoms with E-state index in [1.54, 1.807) is 38.4 Å². The summed E-state index contributed by atoms with van der Waals surface area (Å²) >= 11 is 0. The van der Waals surface area contributed by atoms with Crippen LogP contribution in [0.2, 0.25) is 0 Å². The van der Waals surface area contributed by atoms with Gasteiger partial charge in [0.25, 0.3) is 0 Å². The van der Waals surface area contributed by atoms with Gasteiger partial charge in [-0.1, -0.05) is 6.07 Å². The number of hydrogen-bond acceptors (Lipinski definition) is 4. The second-order valence-corrected chi connectivity index (χ2v) is 6.77. The highest BCUT2D eigenvalue weighted by molar-refractivity contribution is 7.92. The van der Waals surface area contributed by atoms with Crippen molar-refractivity contribution < 1.29 is 13.2 Å². The summed E-state index contributed by atoms with van der Waals surface area (Å²) in [7, 11) is 1.90. The molecule has 1 heterocycles. The van der Waals surface area contributed by atoms with Crippen molar-refractivity contribution in [1.29, 1.82) is 0 Å². The first-order valence-corrected chi connectivity index (χ1v) is 6.65. The number of ether oxygens (including phenoxy) is 1. The van der Waals surface area contributed by atoms with Gasteiger partial charge in [0, 0.05) is 24.2 Å². The van der Waals surface area contributed by atoms with Gasteiger partial charge in [0.1, 0.15) is 13.2 Å². The standard InChI is InChI=1S/C11H15NO3S/c1-11(2,16(4,13)14)10(15-3)9-6-5-7-12-8-9/h3,5-8,10H,1-2,4H3. The van der Waals surface area contributed by atoms with Crippen LogP contribution in [-0.4, -0.2) is 24.4 Å². The highest BCUT2D eigenvalue weighted by atomic mass is 32.2. The molecule has 5 heteroatoms. The molecular weight excluding hydrogens is 226 g/mol. The largest absolute Gasteiger partial charge is 0.363 e. The minimum atomic E-state index is -3.29. The van der Waals surface area contributed by atoms with Crippen LogP contribution in [0.25, 0.3) is 0 Å². The topological polar surface area (TPSA) is 56.3 Å². The predicted molar refractivity (Wildman–Crippen MR) is 61.3 cm³/mol. The van der Waals surface area contributed by atoms with Gasteiger partial charge in [0.2, 0.25) is 0 Å². The Kier molecular flexibility index (Phi) is 3.70. The Morgan fingerprint density at radius 3 is 2.50 bits per heavy atom. The van der Waals surface area contributed by atoms with E-state index < -0.39 is 20.7 Å². The van der Waals surface area contributed by atoms with Gasteiger partial charge < -0.3 is 4.74 Å². The van der Waals surface area contributed by atoms with Crippen molar-refractivity contribution in [2.75, 3.05) is 6.26 Å². The van der Waals surface area contributed by atoms with Gasteiger partial charge in [0.15, 0.2) is 9.84 Å². The van der Waals surface area contributed by atoms with Gasteiger partial charge in [0.05, 0.1) is 4.75 Å². The fourth-order valence-electron chi connectivity index (χ4n) is 1.37. The van der Waals surface area contributed by atoms with Gasteiger partial charge in [-0.25, -0.2) is 8.42 Å². The van der Waals surface area contributed by atoms with Crippen LogP contribution in [0, 0.1) is 7.11 Å². The second-order valence-electron chi connectivity index (χ2n) is 4.18. The molecule has 0 saturated heterocycles. The third-order valence-corrected chi connectivity index (χ3v) is 4.84. The zero-order chi connectivity index (χ0) is 12.4. The van der Waals surface area contributed by atoms with Crippen LogP contribution >= 0.6 is 0 Å². The van der Waals surface area contributed by atoms with Gasteiger partial charge in [-0.15, -0.1) is 0 Å². The van der Waals surface area contributed by atoms with E-state index >= 15 is 0 Å². The van der Waals surface area contributed by atoms with Crippen LogP contribution in [0.4, 0.5) is 0 Å². The van der Waals surface area contributed by atoms with Crippen molar-refractivity contribution in [2.24, 2.45) is 0 Å². The molecule has 0 aromatic carbocycles. The Hall–Kier alpha value is -0.940. The Balaban J connectivity index is 3.19. The molecule has 16 heavy (non-hydrogen) atoms. The lowest BCUT2D eigenvalue weighted by Crippen LogP contribution is -2.38. The Labute approximate surface area is 96.6 Å². The molecule has 0 aliphatic carbocycles. The quantitative estimate of drug-likeness (QED) is 0.804. The molecule has 0 aliphatic heterocycles. The van der Waals surface area contributed by atoms with Crippen LogP contribution in [-0.2, 0) is 14.6 Å². The molecule has 0 bridgehead atoms. The minimum Gasteiger partial charge on any atom is -0.363 e. The van der Waals surface area contributed by atoms with E-state index in [9.17, 15) is 8.42 Å². The number of rotatable bonds is 4. The van der Waals surface area contributed by atoms with Crippen LogP contribution in [0.15, 0.2) is 24.5 Å². The molecule has 0 aliphatic rings. The lowest BCUT2D eigenvalue weighted by Gasteiger charge is -2.31. The molecule has 1 atom stereocenters. The van der Waals surface area contributed by atoms with Crippen molar-refractivity contribution in [3.8, 4) is 0 Å². The molecule has 0 fully saturated rings. The molecule has 2 radical (unpaired) electrons. The zero-order valence-electron chi connectivity index (χ0n) is 9.54. The highest BCUT2D eigenvalue weighted by Gasteiger charge is 2.40. The van der Waals surface area contributed by atoms with Crippen molar-refractivity contribution in [2.45, 2.75) is 24.7 Å². The van der Waals surface area contributed by atoms with Crippen molar-refractivity contribution in [3.05, 3.63) is 37.2 Å². The molecule has 0 spiro atoms. The SMILES string of the molecule is [CH]OC(c1cccnc1)C(C)(C)S(C)(=O)=O. The van der Waals surface area contributed by atoms with Crippen LogP contribution in [0.5, 0.6) is 0 Å². The van der Waals surface area contributed by atoms with E-state index in [2.05, 4.69) is 4.98 Å². The van der Waals surface area contributed by atoms with Gasteiger partial charge in [-0.2, -0.15) is 0 Å². The highest BCUT2D eigenvalue weighted by Crippen LogP contribution is 2.34. The molecule has 1 aromatic rings. The maximum atomic E-state index is 11.7. The van der Waals surface area contributed by atoms with Gasteiger partial charge in [-0.05, 0) is 19.9 Å². The summed E-state index contributed by atoms with van der Waals surface area (Å²) in [4.78, 5) is 3.92. The number of pyridine rings is 1. The summed E-state index contributed by atoms with van der Waals surface area (Å²) in [6.07, 6.45) is 3.57. The molecular formula is C11H15NO3S. The predicted octanol–water partition coefficient (Wildman–Crippen LogP) is 1.63. The van der Waals surface area contributed by atoms with E-state index in [1.165, 1.54) is 0 Å². The average Bonchev–Trinajstić information content (AvgIpc) is 2.18. The Morgan fingerprint density at radius 1 is 1.50 bits per heavy atom. The minimum absolute atomic E-state index is 0.639. The molecule has 0 amide bonds. The van der Waals surface area contributed by atoms with Crippen LogP contribution in [0.1, 0.15) is 25.5 Å². The molecule has 1 rings (SSSR count).